The minimum absolute atomic E-state index is 0.162. The number of amides is 1. The van der Waals surface area contributed by atoms with Crippen LogP contribution in [0.3, 0.4) is 0 Å². The summed E-state index contributed by atoms with van der Waals surface area (Å²) in [6.07, 6.45) is 0.717. The van der Waals surface area contributed by atoms with Crippen LogP contribution in [-0.2, 0) is 4.74 Å². The summed E-state index contributed by atoms with van der Waals surface area (Å²) in [5.41, 5.74) is 1.26. The van der Waals surface area contributed by atoms with Crippen molar-refractivity contribution in [1.29, 1.82) is 0 Å². The number of carbonyl (C=O) groups excluding carboxylic acids is 1. The van der Waals surface area contributed by atoms with Crippen molar-refractivity contribution in [2.75, 3.05) is 26.8 Å². The van der Waals surface area contributed by atoms with Crippen LogP contribution in [0, 0.1) is 13.8 Å². The van der Waals surface area contributed by atoms with Gasteiger partial charge in [-0.1, -0.05) is 23.4 Å². The average molecular weight is 330 g/mol. The lowest BCUT2D eigenvalue weighted by atomic mass is 10.0. The van der Waals surface area contributed by atoms with Gasteiger partial charge in [0.05, 0.1) is 12.2 Å². The van der Waals surface area contributed by atoms with Crippen molar-refractivity contribution < 1.29 is 18.8 Å². The molecule has 2 aromatic rings. The molecule has 1 aromatic heterocycles. The number of carbonyl (C=O) groups is 1. The summed E-state index contributed by atoms with van der Waals surface area (Å²) in [6, 6.07) is 9.51. The maximum absolute atomic E-state index is 12.5. The molecule has 2 heterocycles. The minimum Gasteiger partial charge on any atom is -0.490 e. The number of likely N-dealkylation sites (tertiary alicyclic amines) is 1. The predicted molar refractivity (Wildman–Crippen MR) is 88.2 cm³/mol. The summed E-state index contributed by atoms with van der Waals surface area (Å²) in [5, 5.41) is 3.77. The lowest BCUT2D eigenvalue weighted by Crippen LogP contribution is -2.42. The summed E-state index contributed by atoms with van der Waals surface area (Å²) in [6.45, 7) is 5.26. The molecule has 1 atom stereocenters. The van der Waals surface area contributed by atoms with Crippen molar-refractivity contribution in [2.24, 2.45) is 0 Å². The van der Waals surface area contributed by atoms with Gasteiger partial charge in [0, 0.05) is 19.7 Å². The molecule has 3 rings (SSSR count). The molecular formula is C18H22N2O4. The van der Waals surface area contributed by atoms with Crippen LogP contribution in [0.25, 0.3) is 0 Å². The maximum Gasteiger partial charge on any atom is 0.292 e. The van der Waals surface area contributed by atoms with Crippen LogP contribution in [0.5, 0.6) is 5.75 Å². The van der Waals surface area contributed by atoms with Crippen molar-refractivity contribution in [1.82, 2.24) is 10.1 Å². The Balaban J connectivity index is 1.66. The fourth-order valence-corrected chi connectivity index (χ4v) is 2.91. The van der Waals surface area contributed by atoms with E-state index >= 15 is 0 Å². The van der Waals surface area contributed by atoms with E-state index in [0.717, 1.165) is 11.3 Å². The Morgan fingerprint density at radius 3 is 2.83 bits per heavy atom. The van der Waals surface area contributed by atoms with Gasteiger partial charge < -0.3 is 18.9 Å². The zero-order valence-electron chi connectivity index (χ0n) is 14.2. The quantitative estimate of drug-likeness (QED) is 0.843. The topological polar surface area (TPSA) is 64.8 Å². The van der Waals surface area contributed by atoms with Crippen LogP contribution >= 0.6 is 0 Å². The number of ether oxygens (including phenoxy) is 2. The van der Waals surface area contributed by atoms with E-state index in [0.29, 0.717) is 31.8 Å². The molecule has 1 fully saturated rings. The van der Waals surface area contributed by atoms with Gasteiger partial charge in [-0.05, 0) is 31.9 Å². The number of rotatable bonds is 5. The third-order valence-electron chi connectivity index (χ3n) is 4.46. The molecule has 24 heavy (non-hydrogen) atoms. The second-order valence-corrected chi connectivity index (χ2v) is 6.25. The van der Waals surface area contributed by atoms with E-state index in [9.17, 15) is 4.79 Å². The first-order valence-electron chi connectivity index (χ1n) is 7.99. The van der Waals surface area contributed by atoms with E-state index in [1.807, 2.05) is 31.2 Å². The van der Waals surface area contributed by atoms with E-state index in [2.05, 4.69) is 5.16 Å². The molecule has 6 heteroatoms. The fourth-order valence-electron chi connectivity index (χ4n) is 2.91. The molecule has 128 valence electrons. The standard InChI is InChI=1S/C18H22N2O4/c1-13-6-4-5-7-15(13)23-12-18(22-3)8-9-20(11-18)17(21)16-10-14(2)19-24-16/h4-7,10H,8-9,11-12H2,1-3H3. The Bertz CT molecular complexity index is 727. The van der Waals surface area contributed by atoms with Gasteiger partial charge in [-0.2, -0.15) is 0 Å². The largest absolute Gasteiger partial charge is 0.490 e. The molecular weight excluding hydrogens is 308 g/mol. The number of benzene rings is 1. The molecule has 1 amide bonds. The molecule has 0 spiro atoms. The zero-order chi connectivity index (χ0) is 17.2. The lowest BCUT2D eigenvalue weighted by Gasteiger charge is -2.28. The highest BCUT2D eigenvalue weighted by Crippen LogP contribution is 2.28. The third kappa shape index (κ3) is 3.28. The van der Waals surface area contributed by atoms with E-state index < -0.39 is 5.60 Å². The molecule has 1 saturated heterocycles. The molecule has 0 saturated carbocycles. The second kappa shape index (κ2) is 6.65. The van der Waals surface area contributed by atoms with E-state index in [1.165, 1.54) is 0 Å². The minimum atomic E-state index is -0.507. The first-order valence-corrected chi connectivity index (χ1v) is 7.99. The first kappa shape index (κ1) is 16.5. The van der Waals surface area contributed by atoms with Gasteiger partial charge in [-0.15, -0.1) is 0 Å². The van der Waals surface area contributed by atoms with Crippen molar-refractivity contribution >= 4 is 5.91 Å². The SMILES string of the molecule is COC1(COc2ccccc2C)CCN(C(=O)c2cc(C)no2)C1. The third-order valence-corrected chi connectivity index (χ3v) is 4.46. The number of aryl methyl sites for hydroxylation is 2. The van der Waals surface area contributed by atoms with E-state index in [-0.39, 0.29) is 11.7 Å². The fraction of sp³-hybridized carbons (Fsp3) is 0.444. The summed E-state index contributed by atoms with van der Waals surface area (Å²) in [5.74, 6) is 0.939. The van der Waals surface area contributed by atoms with Crippen molar-refractivity contribution in [3.63, 3.8) is 0 Å². The highest BCUT2D eigenvalue weighted by Gasteiger charge is 2.42. The molecule has 0 aliphatic carbocycles. The summed E-state index contributed by atoms with van der Waals surface area (Å²) >= 11 is 0. The maximum atomic E-state index is 12.5. The Kier molecular flexibility index (Phi) is 4.57. The van der Waals surface area contributed by atoms with Crippen LogP contribution < -0.4 is 4.74 Å². The summed E-state index contributed by atoms with van der Waals surface area (Å²) < 4.78 is 16.7. The van der Waals surface area contributed by atoms with E-state index in [4.69, 9.17) is 14.0 Å². The highest BCUT2D eigenvalue weighted by molar-refractivity contribution is 5.91. The van der Waals surface area contributed by atoms with Crippen molar-refractivity contribution in [3.8, 4) is 5.75 Å². The molecule has 0 radical (unpaired) electrons. The van der Waals surface area contributed by atoms with Gasteiger partial charge >= 0.3 is 0 Å². The van der Waals surface area contributed by atoms with E-state index in [1.54, 1.807) is 25.0 Å². The van der Waals surface area contributed by atoms with Gasteiger partial charge in [0.2, 0.25) is 5.76 Å². The van der Waals surface area contributed by atoms with Gasteiger partial charge in [0.25, 0.3) is 5.91 Å². The van der Waals surface area contributed by atoms with Gasteiger partial charge in [-0.25, -0.2) is 0 Å². The predicted octanol–water partition coefficient (Wildman–Crippen LogP) is 2.60. The van der Waals surface area contributed by atoms with Crippen LogP contribution in [0.4, 0.5) is 0 Å². The number of hydrogen-bond acceptors (Lipinski definition) is 5. The average Bonchev–Trinajstić information content (AvgIpc) is 3.21. The zero-order valence-corrected chi connectivity index (χ0v) is 14.2. The Morgan fingerprint density at radius 1 is 1.38 bits per heavy atom. The number of aromatic nitrogens is 1. The van der Waals surface area contributed by atoms with Gasteiger partial charge in [0.1, 0.15) is 18.0 Å². The Morgan fingerprint density at radius 2 is 2.17 bits per heavy atom. The Labute approximate surface area is 141 Å². The van der Waals surface area contributed by atoms with Gasteiger partial charge in [-0.3, -0.25) is 4.79 Å². The molecule has 1 unspecified atom stereocenters. The molecule has 1 aliphatic rings. The normalized spacial score (nSPS) is 20.4. The molecule has 0 N–H and O–H groups in total. The van der Waals surface area contributed by atoms with Crippen molar-refractivity contribution in [3.05, 3.63) is 47.3 Å². The summed E-state index contributed by atoms with van der Waals surface area (Å²) in [4.78, 5) is 14.2. The summed E-state index contributed by atoms with van der Waals surface area (Å²) in [7, 11) is 1.66. The van der Waals surface area contributed by atoms with Crippen LogP contribution in [-0.4, -0.2) is 48.4 Å². The second-order valence-electron chi connectivity index (χ2n) is 6.25. The van der Waals surface area contributed by atoms with Crippen LogP contribution in [0.15, 0.2) is 34.9 Å². The first-order chi connectivity index (χ1) is 11.5. The smallest absolute Gasteiger partial charge is 0.292 e. The molecule has 1 aliphatic heterocycles. The van der Waals surface area contributed by atoms with Crippen LogP contribution in [0.1, 0.15) is 28.2 Å². The molecule has 0 bridgehead atoms. The Hall–Kier alpha value is -2.34. The lowest BCUT2D eigenvalue weighted by molar-refractivity contribution is -0.0345. The monoisotopic (exact) mass is 330 g/mol. The van der Waals surface area contributed by atoms with Gasteiger partial charge in [0.15, 0.2) is 0 Å². The number of para-hydroxylation sites is 1. The molecule has 6 nitrogen and oxygen atoms in total. The number of nitrogens with zero attached hydrogens (tertiary/aromatic N) is 2. The molecule has 1 aromatic carbocycles. The number of methoxy groups -OCH3 is 1. The van der Waals surface area contributed by atoms with Crippen molar-refractivity contribution in [2.45, 2.75) is 25.9 Å². The highest BCUT2D eigenvalue weighted by atomic mass is 16.5. The number of hydrogen-bond donors (Lipinski definition) is 0. The van der Waals surface area contributed by atoms with Crippen LogP contribution in [0.2, 0.25) is 0 Å².